The van der Waals surface area contributed by atoms with Crippen molar-refractivity contribution in [2.45, 2.75) is 18.9 Å². The zero-order valence-electron chi connectivity index (χ0n) is 11.9. The second kappa shape index (κ2) is 7.43. The maximum absolute atomic E-state index is 12.3. The summed E-state index contributed by atoms with van der Waals surface area (Å²) in [4.78, 5) is 25.6. The molecule has 0 N–H and O–H groups in total. The van der Waals surface area contributed by atoms with Crippen molar-refractivity contribution in [3.8, 4) is 0 Å². The monoisotopic (exact) mass is 311 g/mol. The minimum absolute atomic E-state index is 0.0892. The lowest BCUT2D eigenvalue weighted by molar-refractivity contribution is -0.160. The lowest BCUT2D eigenvalue weighted by atomic mass is 10.1. The second-order valence-electron chi connectivity index (χ2n) is 4.79. The standard InChI is InChI=1S/C15H18ClNO4/c1-20-15(19)13-10-21-9-8-17(13)14(18)7-6-11-4-2-3-5-12(11)16/h2-5,13H,6-10H2,1H3. The number of ether oxygens (including phenoxy) is 2. The summed E-state index contributed by atoms with van der Waals surface area (Å²) < 4.78 is 9.97. The second-order valence-corrected chi connectivity index (χ2v) is 5.20. The largest absolute Gasteiger partial charge is 0.467 e. The van der Waals surface area contributed by atoms with Gasteiger partial charge in [-0.2, -0.15) is 0 Å². The third-order valence-electron chi connectivity index (χ3n) is 3.49. The van der Waals surface area contributed by atoms with Crippen LogP contribution >= 0.6 is 11.6 Å². The van der Waals surface area contributed by atoms with E-state index >= 15 is 0 Å². The zero-order valence-corrected chi connectivity index (χ0v) is 12.6. The number of methoxy groups -OCH3 is 1. The Morgan fingerprint density at radius 1 is 1.43 bits per heavy atom. The third-order valence-corrected chi connectivity index (χ3v) is 3.86. The molecule has 1 heterocycles. The van der Waals surface area contributed by atoms with Gasteiger partial charge in [-0.3, -0.25) is 4.79 Å². The van der Waals surface area contributed by atoms with E-state index in [9.17, 15) is 9.59 Å². The molecule has 2 rings (SSSR count). The molecule has 1 unspecified atom stereocenters. The SMILES string of the molecule is COC(=O)C1COCCN1C(=O)CCc1ccccc1Cl. The fourth-order valence-electron chi connectivity index (χ4n) is 2.32. The Balaban J connectivity index is 1.98. The molecule has 0 radical (unpaired) electrons. The van der Waals surface area contributed by atoms with Crippen molar-refractivity contribution in [1.82, 2.24) is 4.90 Å². The van der Waals surface area contributed by atoms with Crippen molar-refractivity contribution in [2.75, 3.05) is 26.9 Å². The van der Waals surface area contributed by atoms with Crippen molar-refractivity contribution in [3.63, 3.8) is 0 Å². The number of benzene rings is 1. The summed E-state index contributed by atoms with van der Waals surface area (Å²) in [5, 5.41) is 0.650. The molecule has 0 saturated carbocycles. The summed E-state index contributed by atoms with van der Waals surface area (Å²) >= 11 is 6.08. The van der Waals surface area contributed by atoms with Gasteiger partial charge in [0.2, 0.25) is 5.91 Å². The van der Waals surface area contributed by atoms with Gasteiger partial charge < -0.3 is 14.4 Å². The van der Waals surface area contributed by atoms with Gasteiger partial charge in [0.1, 0.15) is 0 Å². The molecule has 0 aliphatic carbocycles. The smallest absolute Gasteiger partial charge is 0.331 e. The zero-order chi connectivity index (χ0) is 15.2. The van der Waals surface area contributed by atoms with E-state index in [4.69, 9.17) is 21.1 Å². The van der Waals surface area contributed by atoms with E-state index in [1.807, 2.05) is 18.2 Å². The first-order valence-electron chi connectivity index (χ1n) is 6.82. The average Bonchev–Trinajstić information content (AvgIpc) is 2.53. The first-order valence-corrected chi connectivity index (χ1v) is 7.19. The van der Waals surface area contributed by atoms with Crippen LogP contribution < -0.4 is 0 Å². The summed E-state index contributed by atoms with van der Waals surface area (Å²) in [5.41, 5.74) is 0.926. The van der Waals surface area contributed by atoms with E-state index in [1.54, 1.807) is 6.07 Å². The molecule has 1 aromatic carbocycles. The number of nitrogens with zero attached hydrogens (tertiary/aromatic N) is 1. The van der Waals surface area contributed by atoms with Crippen molar-refractivity contribution in [1.29, 1.82) is 0 Å². The van der Waals surface area contributed by atoms with Gasteiger partial charge >= 0.3 is 5.97 Å². The van der Waals surface area contributed by atoms with Crippen molar-refractivity contribution < 1.29 is 19.1 Å². The molecule has 114 valence electrons. The van der Waals surface area contributed by atoms with Crippen LogP contribution in [0.15, 0.2) is 24.3 Å². The Bertz CT molecular complexity index is 520. The van der Waals surface area contributed by atoms with Crippen LogP contribution in [0.5, 0.6) is 0 Å². The van der Waals surface area contributed by atoms with Crippen molar-refractivity contribution >= 4 is 23.5 Å². The van der Waals surface area contributed by atoms with Gasteiger partial charge in [-0.15, -0.1) is 0 Å². The topological polar surface area (TPSA) is 55.8 Å². The number of hydrogen-bond donors (Lipinski definition) is 0. The van der Waals surface area contributed by atoms with Gasteiger partial charge in [-0.25, -0.2) is 4.79 Å². The molecule has 1 aliphatic rings. The minimum Gasteiger partial charge on any atom is -0.467 e. The predicted molar refractivity (Wildman–Crippen MR) is 78.1 cm³/mol. The van der Waals surface area contributed by atoms with Gasteiger partial charge in [0.25, 0.3) is 0 Å². The summed E-state index contributed by atoms with van der Waals surface area (Å²) in [6.07, 6.45) is 0.848. The van der Waals surface area contributed by atoms with Crippen LogP contribution in [0.3, 0.4) is 0 Å². The predicted octanol–water partition coefficient (Wildman–Crippen LogP) is 1.67. The number of amides is 1. The van der Waals surface area contributed by atoms with Crippen LogP contribution in [0.1, 0.15) is 12.0 Å². The molecule has 0 aromatic heterocycles. The Morgan fingerprint density at radius 2 is 2.19 bits per heavy atom. The molecule has 1 fully saturated rings. The van der Waals surface area contributed by atoms with Crippen LogP contribution in [-0.2, 0) is 25.5 Å². The lowest BCUT2D eigenvalue weighted by Crippen LogP contribution is -2.53. The molecule has 1 saturated heterocycles. The van der Waals surface area contributed by atoms with E-state index in [0.29, 0.717) is 31.0 Å². The highest BCUT2D eigenvalue weighted by atomic mass is 35.5. The number of carbonyl (C=O) groups excluding carboxylic acids is 2. The lowest BCUT2D eigenvalue weighted by Gasteiger charge is -2.33. The van der Waals surface area contributed by atoms with Crippen LogP contribution in [0.25, 0.3) is 0 Å². The first-order chi connectivity index (χ1) is 10.1. The minimum atomic E-state index is -0.650. The quantitative estimate of drug-likeness (QED) is 0.794. The Kier molecular flexibility index (Phi) is 5.59. The molecule has 1 amide bonds. The highest BCUT2D eigenvalue weighted by Gasteiger charge is 2.33. The van der Waals surface area contributed by atoms with E-state index in [1.165, 1.54) is 12.0 Å². The van der Waals surface area contributed by atoms with Gasteiger partial charge in [-0.1, -0.05) is 29.8 Å². The molecule has 0 spiro atoms. The van der Waals surface area contributed by atoms with E-state index in [0.717, 1.165) is 5.56 Å². The Hall–Kier alpha value is -1.59. The molecular weight excluding hydrogens is 294 g/mol. The van der Waals surface area contributed by atoms with E-state index in [2.05, 4.69) is 0 Å². The third kappa shape index (κ3) is 3.95. The van der Waals surface area contributed by atoms with Gasteiger partial charge in [0.15, 0.2) is 6.04 Å². The summed E-state index contributed by atoms with van der Waals surface area (Å²) in [6, 6.07) is 6.78. The van der Waals surface area contributed by atoms with Crippen molar-refractivity contribution in [3.05, 3.63) is 34.9 Å². The van der Waals surface area contributed by atoms with Crippen molar-refractivity contribution in [2.24, 2.45) is 0 Å². The van der Waals surface area contributed by atoms with Gasteiger partial charge in [0, 0.05) is 18.0 Å². The van der Waals surface area contributed by atoms with Crippen LogP contribution in [-0.4, -0.2) is 49.7 Å². The average molecular weight is 312 g/mol. The van der Waals surface area contributed by atoms with E-state index < -0.39 is 12.0 Å². The highest BCUT2D eigenvalue weighted by Crippen LogP contribution is 2.18. The first kappa shape index (κ1) is 15.8. The number of rotatable bonds is 4. The Labute approximate surface area is 128 Å². The van der Waals surface area contributed by atoms with Crippen LogP contribution in [0, 0.1) is 0 Å². The number of morpholine rings is 1. The molecule has 6 heteroatoms. The molecule has 1 aromatic rings. The van der Waals surface area contributed by atoms with Crippen LogP contribution in [0.4, 0.5) is 0 Å². The fourth-order valence-corrected chi connectivity index (χ4v) is 2.55. The molecule has 0 bridgehead atoms. The molecule has 21 heavy (non-hydrogen) atoms. The van der Waals surface area contributed by atoms with Gasteiger partial charge in [0.05, 0.1) is 20.3 Å². The number of esters is 1. The molecule has 1 aliphatic heterocycles. The number of halogens is 1. The molecule has 1 atom stereocenters. The Morgan fingerprint density at radius 3 is 2.90 bits per heavy atom. The number of hydrogen-bond acceptors (Lipinski definition) is 4. The normalized spacial score (nSPS) is 18.4. The molecular formula is C15H18ClNO4. The number of aryl methyl sites for hydroxylation is 1. The summed E-state index contributed by atoms with van der Waals surface area (Å²) in [5.74, 6) is -0.533. The maximum atomic E-state index is 12.3. The van der Waals surface area contributed by atoms with Crippen LogP contribution in [0.2, 0.25) is 5.02 Å². The summed E-state index contributed by atoms with van der Waals surface area (Å²) in [7, 11) is 1.31. The molecule has 5 nitrogen and oxygen atoms in total. The number of carbonyl (C=O) groups is 2. The van der Waals surface area contributed by atoms with Gasteiger partial charge in [-0.05, 0) is 18.1 Å². The summed E-state index contributed by atoms with van der Waals surface area (Å²) in [6.45, 7) is 1.02. The highest BCUT2D eigenvalue weighted by molar-refractivity contribution is 6.31. The van der Waals surface area contributed by atoms with E-state index in [-0.39, 0.29) is 12.5 Å². The maximum Gasteiger partial charge on any atom is 0.331 e. The fraction of sp³-hybridized carbons (Fsp3) is 0.467.